The first-order valence-electron chi connectivity index (χ1n) is 8.92. The van der Waals surface area contributed by atoms with Crippen molar-refractivity contribution in [2.45, 2.75) is 13.8 Å². The second-order valence-corrected chi connectivity index (χ2v) is 6.61. The lowest BCUT2D eigenvalue weighted by Crippen LogP contribution is -2.07. The molecule has 2 aromatic carbocycles. The largest absolute Gasteiger partial charge is 0.289 e. The van der Waals surface area contributed by atoms with Gasteiger partial charge in [0.1, 0.15) is 0 Å². The van der Waals surface area contributed by atoms with Crippen molar-refractivity contribution < 1.29 is 4.79 Å². The topological polar surface area (TPSA) is 68.6 Å². The molecule has 0 saturated carbocycles. The minimum Gasteiger partial charge on any atom is -0.289 e. The molecule has 0 fully saturated rings. The van der Waals surface area contributed by atoms with Gasteiger partial charge in [-0.15, -0.1) is 0 Å². The van der Waals surface area contributed by atoms with E-state index in [1.165, 1.54) is 0 Å². The Morgan fingerprint density at radius 1 is 0.679 bits per heavy atom. The smallest absolute Gasteiger partial charge is 0.194 e. The van der Waals surface area contributed by atoms with Gasteiger partial charge >= 0.3 is 0 Å². The van der Waals surface area contributed by atoms with Crippen molar-refractivity contribution in [1.29, 1.82) is 0 Å². The molecule has 136 valence electrons. The van der Waals surface area contributed by atoms with Crippen LogP contribution in [-0.4, -0.2) is 25.7 Å². The summed E-state index contributed by atoms with van der Waals surface area (Å²) < 4.78 is 0. The van der Waals surface area contributed by atoms with Gasteiger partial charge in [-0.05, 0) is 26.0 Å². The van der Waals surface area contributed by atoms with E-state index in [0.717, 1.165) is 22.3 Å². The Kier molecular flexibility index (Phi) is 4.72. The minimum absolute atomic E-state index is 0.0753. The molecule has 0 aliphatic carbocycles. The number of nitrogens with zero attached hydrogens (tertiary/aromatic N) is 4. The molecule has 28 heavy (non-hydrogen) atoms. The molecule has 4 rings (SSSR count). The van der Waals surface area contributed by atoms with Crippen LogP contribution < -0.4 is 0 Å². The van der Waals surface area contributed by atoms with Gasteiger partial charge in [-0.2, -0.15) is 0 Å². The summed E-state index contributed by atoms with van der Waals surface area (Å²) in [5.74, 6) is -0.0753. The molecule has 5 heteroatoms. The summed E-state index contributed by atoms with van der Waals surface area (Å²) in [6.07, 6.45) is 9.82. The highest BCUT2D eigenvalue weighted by molar-refractivity contribution is 6.15. The number of hydrogen-bond acceptors (Lipinski definition) is 5. The van der Waals surface area contributed by atoms with E-state index in [-0.39, 0.29) is 5.78 Å². The van der Waals surface area contributed by atoms with E-state index in [4.69, 9.17) is 0 Å². The van der Waals surface area contributed by atoms with Gasteiger partial charge in [0.25, 0.3) is 0 Å². The first kappa shape index (κ1) is 17.7. The SMILES string of the molecule is Cc1ccc(-c2cnccn2)c(C(=O)c2cc(C)ccc2-c2cnccn2)c1. The first-order chi connectivity index (χ1) is 13.6. The van der Waals surface area contributed by atoms with Crippen LogP contribution in [0.15, 0.2) is 73.6 Å². The van der Waals surface area contributed by atoms with Gasteiger partial charge in [-0.25, -0.2) is 0 Å². The molecule has 0 aliphatic rings. The van der Waals surface area contributed by atoms with E-state index in [1.807, 2.05) is 50.2 Å². The summed E-state index contributed by atoms with van der Waals surface area (Å²) in [7, 11) is 0. The molecule has 0 atom stereocenters. The average Bonchev–Trinajstić information content (AvgIpc) is 2.74. The van der Waals surface area contributed by atoms with Crippen LogP contribution in [0.5, 0.6) is 0 Å². The Morgan fingerprint density at radius 2 is 1.14 bits per heavy atom. The molecule has 0 saturated heterocycles. The van der Waals surface area contributed by atoms with E-state index in [1.54, 1.807) is 37.2 Å². The van der Waals surface area contributed by atoms with Gasteiger partial charge < -0.3 is 0 Å². The van der Waals surface area contributed by atoms with Gasteiger partial charge in [-0.3, -0.25) is 24.7 Å². The monoisotopic (exact) mass is 366 g/mol. The lowest BCUT2D eigenvalue weighted by Gasteiger charge is -2.13. The molecule has 0 aliphatic heterocycles. The maximum absolute atomic E-state index is 13.6. The van der Waals surface area contributed by atoms with Crippen LogP contribution in [0, 0.1) is 13.8 Å². The van der Waals surface area contributed by atoms with E-state index in [0.29, 0.717) is 22.5 Å². The van der Waals surface area contributed by atoms with Crippen LogP contribution in [0.3, 0.4) is 0 Å². The summed E-state index contributed by atoms with van der Waals surface area (Å²) in [5, 5.41) is 0. The zero-order chi connectivity index (χ0) is 19.5. The van der Waals surface area contributed by atoms with Crippen molar-refractivity contribution in [1.82, 2.24) is 19.9 Å². The maximum Gasteiger partial charge on any atom is 0.194 e. The van der Waals surface area contributed by atoms with Gasteiger partial charge in [0.05, 0.1) is 23.8 Å². The lowest BCUT2D eigenvalue weighted by atomic mass is 9.91. The van der Waals surface area contributed by atoms with Gasteiger partial charge in [0.2, 0.25) is 0 Å². The number of aromatic nitrogens is 4. The molecule has 4 aromatic rings. The molecule has 0 spiro atoms. The minimum atomic E-state index is -0.0753. The number of aryl methyl sites for hydroxylation is 2. The molecule has 0 amide bonds. The Bertz CT molecular complexity index is 1050. The predicted octanol–water partition coefficient (Wildman–Crippen LogP) is 4.45. The average molecular weight is 366 g/mol. The number of hydrogen-bond donors (Lipinski definition) is 0. The van der Waals surface area contributed by atoms with Crippen molar-refractivity contribution >= 4 is 5.78 Å². The molecule has 2 heterocycles. The first-order valence-corrected chi connectivity index (χ1v) is 8.92. The third-order valence-electron chi connectivity index (χ3n) is 4.52. The fourth-order valence-corrected chi connectivity index (χ4v) is 3.16. The van der Waals surface area contributed by atoms with Crippen molar-refractivity contribution in [3.05, 3.63) is 95.8 Å². The van der Waals surface area contributed by atoms with Crippen LogP contribution >= 0.6 is 0 Å². The second kappa shape index (κ2) is 7.48. The normalized spacial score (nSPS) is 10.6. The van der Waals surface area contributed by atoms with E-state index >= 15 is 0 Å². The highest BCUT2D eigenvalue weighted by Gasteiger charge is 2.20. The van der Waals surface area contributed by atoms with E-state index in [9.17, 15) is 4.79 Å². The number of rotatable bonds is 4. The Morgan fingerprint density at radius 3 is 1.54 bits per heavy atom. The molecule has 0 radical (unpaired) electrons. The third kappa shape index (κ3) is 3.42. The van der Waals surface area contributed by atoms with Crippen molar-refractivity contribution in [2.75, 3.05) is 0 Å². The maximum atomic E-state index is 13.6. The van der Waals surface area contributed by atoms with Gasteiger partial charge in [0, 0.05) is 47.0 Å². The summed E-state index contributed by atoms with van der Waals surface area (Å²) in [5.41, 5.74) is 6.05. The number of carbonyl (C=O) groups is 1. The molecule has 0 unspecified atom stereocenters. The quantitative estimate of drug-likeness (QED) is 0.499. The fourth-order valence-electron chi connectivity index (χ4n) is 3.16. The summed E-state index contributed by atoms with van der Waals surface area (Å²) in [4.78, 5) is 30.7. The predicted molar refractivity (Wildman–Crippen MR) is 108 cm³/mol. The molecule has 0 bridgehead atoms. The van der Waals surface area contributed by atoms with Gasteiger partial charge in [-0.1, -0.05) is 35.4 Å². The van der Waals surface area contributed by atoms with Crippen LogP contribution in [0.2, 0.25) is 0 Å². The zero-order valence-electron chi connectivity index (χ0n) is 15.6. The standard InChI is InChI=1S/C23H18N4O/c1-15-3-5-17(21-13-24-7-9-26-21)19(11-15)23(28)20-12-16(2)4-6-18(20)22-14-25-8-10-27-22/h3-14H,1-2H3. The molecular weight excluding hydrogens is 348 g/mol. The number of benzene rings is 2. The zero-order valence-corrected chi connectivity index (χ0v) is 15.6. The van der Waals surface area contributed by atoms with E-state index < -0.39 is 0 Å². The highest BCUT2D eigenvalue weighted by Crippen LogP contribution is 2.29. The van der Waals surface area contributed by atoms with Crippen molar-refractivity contribution in [3.8, 4) is 22.5 Å². The van der Waals surface area contributed by atoms with Crippen molar-refractivity contribution in [2.24, 2.45) is 0 Å². The van der Waals surface area contributed by atoms with Crippen LogP contribution in [-0.2, 0) is 0 Å². The summed E-state index contributed by atoms with van der Waals surface area (Å²) in [6.45, 7) is 3.94. The van der Waals surface area contributed by atoms with Crippen LogP contribution in [0.25, 0.3) is 22.5 Å². The highest BCUT2D eigenvalue weighted by atomic mass is 16.1. The number of ketones is 1. The van der Waals surface area contributed by atoms with E-state index in [2.05, 4.69) is 19.9 Å². The third-order valence-corrected chi connectivity index (χ3v) is 4.52. The Labute approximate surface area is 163 Å². The second-order valence-electron chi connectivity index (χ2n) is 6.61. The fraction of sp³-hybridized carbons (Fsp3) is 0.0870. The molecule has 2 aromatic heterocycles. The van der Waals surface area contributed by atoms with Gasteiger partial charge in [0.15, 0.2) is 5.78 Å². The molecule has 0 N–H and O–H groups in total. The van der Waals surface area contributed by atoms with Crippen LogP contribution in [0.1, 0.15) is 27.0 Å². The molecular formula is C23H18N4O. The number of carbonyl (C=O) groups excluding carboxylic acids is 1. The Balaban J connectivity index is 1.90. The summed E-state index contributed by atoms with van der Waals surface area (Å²) >= 11 is 0. The Hall–Kier alpha value is -3.73. The van der Waals surface area contributed by atoms with Crippen LogP contribution in [0.4, 0.5) is 0 Å². The molecule has 5 nitrogen and oxygen atoms in total. The lowest BCUT2D eigenvalue weighted by molar-refractivity contribution is 0.103. The summed E-state index contributed by atoms with van der Waals surface area (Å²) in [6, 6.07) is 11.6. The van der Waals surface area contributed by atoms with Crippen molar-refractivity contribution in [3.63, 3.8) is 0 Å².